The molecule has 146 valence electrons. The minimum absolute atomic E-state index is 0.0954. The number of amides is 1. The van der Waals surface area contributed by atoms with Crippen molar-refractivity contribution in [3.05, 3.63) is 76.8 Å². The molecule has 1 aliphatic rings. The van der Waals surface area contributed by atoms with Crippen molar-refractivity contribution in [3.8, 4) is 6.07 Å². The summed E-state index contributed by atoms with van der Waals surface area (Å²) in [5, 5.41) is 16.0. The number of anilines is 1. The Labute approximate surface area is 175 Å². The Kier molecular flexibility index (Phi) is 5.69. The van der Waals surface area contributed by atoms with Gasteiger partial charge in [0.2, 0.25) is 5.91 Å². The van der Waals surface area contributed by atoms with Crippen LogP contribution in [-0.2, 0) is 11.2 Å². The number of halogens is 1. The average Bonchev–Trinajstić information content (AvgIpc) is 2.77. The number of hydrogen-bond donors (Lipinski definition) is 0. The smallest absolute Gasteiger partial charge is 0.241 e. The zero-order valence-corrected chi connectivity index (χ0v) is 16.9. The van der Waals surface area contributed by atoms with E-state index in [0.717, 1.165) is 41.4 Å². The lowest BCUT2D eigenvalue weighted by molar-refractivity contribution is -0.132. The summed E-state index contributed by atoms with van der Waals surface area (Å²) in [4.78, 5) is 13.1. The highest BCUT2D eigenvalue weighted by Gasteiger charge is 2.26. The van der Waals surface area contributed by atoms with E-state index in [0.29, 0.717) is 30.0 Å². The standard InChI is InChI=1S/C24H22ClN3O/c25-22-10-4-1-7-18(22)12-14-24(29)28-16-6-5-15-27(28)23-13-11-19(17-26)20-8-2-3-9-21(20)23/h1-4,7-11,13H,5-6,12,14-16H2. The molecule has 0 N–H and O–H groups in total. The van der Waals surface area contributed by atoms with Gasteiger partial charge in [-0.1, -0.05) is 54.1 Å². The average molecular weight is 404 g/mol. The van der Waals surface area contributed by atoms with E-state index in [9.17, 15) is 10.1 Å². The van der Waals surface area contributed by atoms with Crippen molar-refractivity contribution in [1.82, 2.24) is 5.01 Å². The number of rotatable bonds is 4. The molecule has 1 heterocycles. The molecule has 0 spiro atoms. The Morgan fingerprint density at radius 3 is 2.48 bits per heavy atom. The third kappa shape index (κ3) is 3.92. The summed E-state index contributed by atoms with van der Waals surface area (Å²) in [6.07, 6.45) is 3.05. The number of hydrazine groups is 1. The summed E-state index contributed by atoms with van der Waals surface area (Å²) >= 11 is 6.25. The second-order valence-electron chi connectivity index (χ2n) is 7.23. The van der Waals surface area contributed by atoms with E-state index in [1.807, 2.05) is 65.7 Å². The predicted octanol–water partition coefficient (Wildman–Crippen LogP) is 5.34. The second-order valence-corrected chi connectivity index (χ2v) is 7.64. The van der Waals surface area contributed by atoms with Gasteiger partial charge in [0.1, 0.15) is 0 Å². The Bertz CT molecular complexity index is 1090. The lowest BCUT2D eigenvalue weighted by Gasteiger charge is -2.41. The van der Waals surface area contributed by atoms with Crippen LogP contribution < -0.4 is 5.01 Å². The Hall–Kier alpha value is -3.03. The van der Waals surface area contributed by atoms with Gasteiger partial charge in [-0.25, -0.2) is 0 Å². The normalized spacial score (nSPS) is 14.1. The third-order valence-electron chi connectivity index (χ3n) is 5.43. The van der Waals surface area contributed by atoms with Gasteiger partial charge in [0.25, 0.3) is 0 Å². The van der Waals surface area contributed by atoms with Crippen LogP contribution in [0.25, 0.3) is 10.8 Å². The van der Waals surface area contributed by atoms with Crippen LogP contribution >= 0.6 is 11.6 Å². The minimum Gasteiger partial charge on any atom is -0.282 e. The third-order valence-corrected chi connectivity index (χ3v) is 5.80. The number of carbonyl (C=O) groups is 1. The van der Waals surface area contributed by atoms with E-state index in [2.05, 4.69) is 11.1 Å². The fraction of sp³-hybridized carbons (Fsp3) is 0.250. The molecule has 1 amide bonds. The lowest BCUT2D eigenvalue weighted by Crippen LogP contribution is -2.50. The first kappa shape index (κ1) is 19.3. The molecule has 29 heavy (non-hydrogen) atoms. The van der Waals surface area contributed by atoms with Crippen molar-refractivity contribution in [3.63, 3.8) is 0 Å². The highest BCUT2D eigenvalue weighted by atomic mass is 35.5. The molecule has 1 saturated heterocycles. The molecular weight excluding hydrogens is 382 g/mol. The number of carbonyl (C=O) groups excluding carboxylic acids is 1. The maximum Gasteiger partial charge on any atom is 0.241 e. The van der Waals surface area contributed by atoms with E-state index in [1.165, 1.54) is 0 Å². The highest BCUT2D eigenvalue weighted by Crippen LogP contribution is 2.32. The maximum atomic E-state index is 13.1. The fourth-order valence-electron chi connectivity index (χ4n) is 3.95. The Morgan fingerprint density at radius 2 is 1.69 bits per heavy atom. The van der Waals surface area contributed by atoms with E-state index >= 15 is 0 Å². The fourth-order valence-corrected chi connectivity index (χ4v) is 4.18. The van der Waals surface area contributed by atoms with Crippen molar-refractivity contribution in [2.45, 2.75) is 25.7 Å². The minimum atomic E-state index is 0.0954. The van der Waals surface area contributed by atoms with Crippen LogP contribution in [0.15, 0.2) is 60.7 Å². The van der Waals surface area contributed by atoms with Crippen molar-refractivity contribution < 1.29 is 4.79 Å². The molecule has 3 aromatic rings. The molecule has 0 aliphatic carbocycles. The van der Waals surface area contributed by atoms with Crippen LogP contribution in [0, 0.1) is 11.3 Å². The van der Waals surface area contributed by atoms with Gasteiger partial charge in [-0.05, 0) is 43.0 Å². The summed E-state index contributed by atoms with van der Waals surface area (Å²) < 4.78 is 0. The van der Waals surface area contributed by atoms with Crippen molar-refractivity contribution >= 4 is 34.0 Å². The number of nitrogens with zero attached hydrogens (tertiary/aromatic N) is 3. The molecule has 0 aromatic heterocycles. The predicted molar refractivity (Wildman–Crippen MR) is 117 cm³/mol. The largest absolute Gasteiger partial charge is 0.282 e. The van der Waals surface area contributed by atoms with Gasteiger partial charge in [-0.2, -0.15) is 5.26 Å². The summed E-state index contributed by atoms with van der Waals surface area (Å²) in [6, 6.07) is 21.6. The second kappa shape index (κ2) is 8.55. The maximum absolute atomic E-state index is 13.1. The van der Waals surface area contributed by atoms with Crippen molar-refractivity contribution in [2.75, 3.05) is 18.1 Å². The Balaban J connectivity index is 1.61. The first-order valence-corrected chi connectivity index (χ1v) is 10.3. The van der Waals surface area contributed by atoms with Crippen LogP contribution in [-0.4, -0.2) is 24.0 Å². The van der Waals surface area contributed by atoms with Gasteiger partial charge >= 0.3 is 0 Å². The number of fused-ring (bicyclic) bond motifs is 1. The first-order valence-electron chi connectivity index (χ1n) is 9.92. The molecule has 1 fully saturated rings. The molecule has 5 heteroatoms. The summed E-state index contributed by atoms with van der Waals surface area (Å²) in [5.74, 6) is 0.0954. The summed E-state index contributed by atoms with van der Waals surface area (Å²) in [5.41, 5.74) is 2.62. The van der Waals surface area contributed by atoms with Gasteiger partial charge < -0.3 is 0 Å². The molecule has 4 rings (SSSR count). The summed E-state index contributed by atoms with van der Waals surface area (Å²) in [6.45, 7) is 1.49. The molecule has 0 bridgehead atoms. The van der Waals surface area contributed by atoms with Crippen LogP contribution in [0.5, 0.6) is 0 Å². The first-order chi connectivity index (χ1) is 14.2. The van der Waals surface area contributed by atoms with Crippen LogP contribution in [0.2, 0.25) is 5.02 Å². The Morgan fingerprint density at radius 1 is 0.966 bits per heavy atom. The SMILES string of the molecule is N#Cc1ccc(N2CCCCN2C(=O)CCc2ccccc2Cl)c2ccccc12. The number of hydrogen-bond acceptors (Lipinski definition) is 3. The van der Waals surface area contributed by atoms with E-state index in [1.54, 1.807) is 0 Å². The van der Waals surface area contributed by atoms with E-state index < -0.39 is 0 Å². The zero-order valence-electron chi connectivity index (χ0n) is 16.1. The molecule has 3 aromatic carbocycles. The molecule has 0 unspecified atom stereocenters. The molecule has 0 atom stereocenters. The number of aryl methyl sites for hydroxylation is 1. The monoisotopic (exact) mass is 403 g/mol. The van der Waals surface area contributed by atoms with Gasteiger partial charge in [-0.15, -0.1) is 0 Å². The molecular formula is C24H22ClN3O. The van der Waals surface area contributed by atoms with Gasteiger partial charge in [0, 0.05) is 35.3 Å². The van der Waals surface area contributed by atoms with E-state index in [4.69, 9.17) is 11.6 Å². The lowest BCUT2D eigenvalue weighted by atomic mass is 10.0. The topological polar surface area (TPSA) is 47.3 Å². The summed E-state index contributed by atoms with van der Waals surface area (Å²) in [7, 11) is 0. The molecule has 0 saturated carbocycles. The van der Waals surface area contributed by atoms with Gasteiger partial charge in [0.05, 0.1) is 17.3 Å². The van der Waals surface area contributed by atoms with Crippen LogP contribution in [0.1, 0.15) is 30.4 Å². The van der Waals surface area contributed by atoms with Gasteiger partial charge in [-0.3, -0.25) is 14.8 Å². The number of nitriles is 1. The molecule has 0 radical (unpaired) electrons. The zero-order chi connectivity index (χ0) is 20.2. The van der Waals surface area contributed by atoms with Crippen LogP contribution in [0.4, 0.5) is 5.69 Å². The quantitative estimate of drug-likeness (QED) is 0.590. The molecule has 1 aliphatic heterocycles. The van der Waals surface area contributed by atoms with Crippen molar-refractivity contribution in [1.29, 1.82) is 5.26 Å². The highest BCUT2D eigenvalue weighted by molar-refractivity contribution is 6.31. The van der Waals surface area contributed by atoms with E-state index in [-0.39, 0.29) is 5.91 Å². The van der Waals surface area contributed by atoms with Crippen LogP contribution in [0.3, 0.4) is 0 Å². The molecule has 4 nitrogen and oxygen atoms in total. The number of benzene rings is 3. The van der Waals surface area contributed by atoms with Crippen molar-refractivity contribution in [2.24, 2.45) is 0 Å². The van der Waals surface area contributed by atoms with Gasteiger partial charge in [0.15, 0.2) is 0 Å².